The number of hydrogen-bond donors (Lipinski definition) is 0. The van der Waals surface area contributed by atoms with E-state index in [1.807, 2.05) is 6.07 Å². The van der Waals surface area contributed by atoms with Gasteiger partial charge in [0.15, 0.2) is 5.78 Å². The molecule has 0 atom stereocenters. The standard InChI is InChI=1S/C14H8Cl4O/c15-9-3-1-2-8(4-9)5-13(19)14-11(17)6-10(16)7-12(14)18/h1-4,6-7H,5H2. The van der Waals surface area contributed by atoms with Gasteiger partial charge >= 0.3 is 0 Å². The summed E-state index contributed by atoms with van der Waals surface area (Å²) in [6.07, 6.45) is 0.182. The Hall–Kier alpha value is -0.730. The van der Waals surface area contributed by atoms with Crippen molar-refractivity contribution >= 4 is 52.2 Å². The van der Waals surface area contributed by atoms with Gasteiger partial charge in [0.05, 0.1) is 15.6 Å². The van der Waals surface area contributed by atoms with Gasteiger partial charge in [-0.3, -0.25) is 4.79 Å². The van der Waals surface area contributed by atoms with Crippen LogP contribution < -0.4 is 0 Å². The van der Waals surface area contributed by atoms with Crippen molar-refractivity contribution in [3.05, 3.63) is 67.6 Å². The number of hydrogen-bond acceptors (Lipinski definition) is 1. The molecule has 1 nitrogen and oxygen atoms in total. The van der Waals surface area contributed by atoms with Crippen LogP contribution in [0.1, 0.15) is 15.9 Å². The van der Waals surface area contributed by atoms with Crippen molar-refractivity contribution in [3.8, 4) is 0 Å². The molecule has 2 aromatic rings. The molecule has 0 aliphatic carbocycles. The molecule has 0 aliphatic heterocycles. The van der Waals surface area contributed by atoms with E-state index in [9.17, 15) is 4.79 Å². The van der Waals surface area contributed by atoms with E-state index >= 15 is 0 Å². The number of carbonyl (C=O) groups excluding carboxylic acids is 1. The maximum absolute atomic E-state index is 12.2. The fourth-order valence-corrected chi connectivity index (χ4v) is 2.97. The molecule has 0 aliphatic rings. The fraction of sp³-hybridized carbons (Fsp3) is 0.0714. The lowest BCUT2D eigenvalue weighted by Gasteiger charge is -2.07. The molecule has 0 bridgehead atoms. The highest BCUT2D eigenvalue weighted by Gasteiger charge is 2.16. The van der Waals surface area contributed by atoms with Crippen LogP contribution in [0.15, 0.2) is 36.4 Å². The SMILES string of the molecule is O=C(Cc1cccc(Cl)c1)c1c(Cl)cc(Cl)cc1Cl. The van der Waals surface area contributed by atoms with Gasteiger partial charge in [0.1, 0.15) is 0 Å². The molecule has 0 unspecified atom stereocenters. The van der Waals surface area contributed by atoms with Crippen LogP contribution in [0.5, 0.6) is 0 Å². The van der Waals surface area contributed by atoms with E-state index in [1.54, 1.807) is 18.2 Å². The van der Waals surface area contributed by atoms with E-state index in [0.717, 1.165) is 5.56 Å². The monoisotopic (exact) mass is 332 g/mol. The van der Waals surface area contributed by atoms with Gasteiger partial charge in [-0.1, -0.05) is 58.5 Å². The van der Waals surface area contributed by atoms with Crippen molar-refractivity contribution in [2.75, 3.05) is 0 Å². The smallest absolute Gasteiger partial charge is 0.170 e. The summed E-state index contributed by atoms with van der Waals surface area (Å²) < 4.78 is 0. The Morgan fingerprint density at radius 1 is 0.895 bits per heavy atom. The van der Waals surface area contributed by atoms with Crippen molar-refractivity contribution in [1.29, 1.82) is 0 Å². The third-order valence-electron chi connectivity index (χ3n) is 2.54. The summed E-state index contributed by atoms with van der Waals surface area (Å²) in [5.74, 6) is -0.172. The average Bonchev–Trinajstić information content (AvgIpc) is 2.27. The summed E-state index contributed by atoms with van der Waals surface area (Å²) in [5.41, 5.74) is 1.09. The third kappa shape index (κ3) is 3.64. The number of ketones is 1. The number of benzene rings is 2. The average molecular weight is 334 g/mol. The minimum absolute atomic E-state index is 0.172. The highest BCUT2D eigenvalue weighted by atomic mass is 35.5. The van der Waals surface area contributed by atoms with E-state index in [4.69, 9.17) is 46.4 Å². The van der Waals surface area contributed by atoms with Gasteiger partial charge in [-0.2, -0.15) is 0 Å². The Morgan fingerprint density at radius 2 is 1.53 bits per heavy atom. The molecule has 5 heteroatoms. The lowest BCUT2D eigenvalue weighted by Crippen LogP contribution is -2.05. The molecule has 0 saturated carbocycles. The van der Waals surface area contributed by atoms with E-state index in [-0.39, 0.29) is 27.8 Å². The van der Waals surface area contributed by atoms with Crippen LogP contribution >= 0.6 is 46.4 Å². The Bertz CT molecular complexity index is 614. The molecule has 0 N–H and O–H groups in total. The predicted molar refractivity (Wildman–Crippen MR) is 81.0 cm³/mol. The minimum atomic E-state index is -0.172. The maximum atomic E-state index is 12.2. The molecular formula is C14H8Cl4O. The third-order valence-corrected chi connectivity index (χ3v) is 3.59. The highest BCUT2D eigenvalue weighted by molar-refractivity contribution is 6.42. The first-order chi connectivity index (χ1) is 8.97. The summed E-state index contributed by atoms with van der Waals surface area (Å²) in [5, 5.41) is 1.49. The molecule has 0 spiro atoms. The van der Waals surface area contributed by atoms with Crippen LogP contribution in [0.4, 0.5) is 0 Å². The Morgan fingerprint density at radius 3 is 2.11 bits per heavy atom. The van der Waals surface area contributed by atoms with Crippen LogP contribution in [0, 0.1) is 0 Å². The second-order valence-electron chi connectivity index (χ2n) is 3.97. The van der Waals surface area contributed by atoms with Gasteiger partial charge in [0.25, 0.3) is 0 Å². The van der Waals surface area contributed by atoms with Crippen LogP contribution in [-0.4, -0.2) is 5.78 Å². The van der Waals surface area contributed by atoms with Crippen LogP contribution in [0.2, 0.25) is 20.1 Å². The largest absolute Gasteiger partial charge is 0.294 e. The lowest BCUT2D eigenvalue weighted by molar-refractivity contribution is 0.0993. The van der Waals surface area contributed by atoms with Gasteiger partial charge in [-0.25, -0.2) is 0 Å². The number of halogens is 4. The van der Waals surface area contributed by atoms with E-state index in [1.165, 1.54) is 12.1 Å². The molecule has 0 heterocycles. The van der Waals surface area contributed by atoms with Gasteiger partial charge in [-0.05, 0) is 29.8 Å². The van der Waals surface area contributed by atoms with E-state index in [2.05, 4.69) is 0 Å². The van der Waals surface area contributed by atoms with E-state index < -0.39 is 0 Å². The molecule has 0 radical (unpaired) electrons. The number of Topliss-reactive ketones (excluding diaryl/α,β-unsaturated/α-hetero) is 1. The zero-order valence-electron chi connectivity index (χ0n) is 9.59. The lowest BCUT2D eigenvalue weighted by atomic mass is 10.0. The first-order valence-electron chi connectivity index (χ1n) is 5.39. The molecule has 98 valence electrons. The minimum Gasteiger partial charge on any atom is -0.294 e. The molecule has 0 saturated heterocycles. The van der Waals surface area contributed by atoms with E-state index in [0.29, 0.717) is 10.0 Å². The normalized spacial score (nSPS) is 10.5. The maximum Gasteiger partial charge on any atom is 0.170 e. The topological polar surface area (TPSA) is 17.1 Å². The van der Waals surface area contributed by atoms with Gasteiger partial charge < -0.3 is 0 Å². The van der Waals surface area contributed by atoms with Crippen LogP contribution in [-0.2, 0) is 6.42 Å². The summed E-state index contributed by atoms with van der Waals surface area (Å²) >= 11 is 23.7. The summed E-state index contributed by atoms with van der Waals surface area (Å²) in [4.78, 5) is 12.2. The summed E-state index contributed by atoms with van der Waals surface area (Å²) in [7, 11) is 0. The zero-order valence-corrected chi connectivity index (χ0v) is 12.6. The molecule has 0 fully saturated rings. The fourth-order valence-electron chi connectivity index (χ4n) is 1.73. The first kappa shape index (κ1) is 14.7. The van der Waals surface area contributed by atoms with Gasteiger partial charge in [0.2, 0.25) is 0 Å². The number of carbonyl (C=O) groups is 1. The predicted octanol–water partition coefficient (Wildman–Crippen LogP) is 5.73. The number of rotatable bonds is 3. The molecule has 2 aromatic carbocycles. The van der Waals surface area contributed by atoms with Crippen molar-refractivity contribution in [2.24, 2.45) is 0 Å². The van der Waals surface area contributed by atoms with Crippen molar-refractivity contribution < 1.29 is 4.79 Å². The molecule has 2 rings (SSSR count). The Kier molecular flexibility index (Phi) is 4.75. The van der Waals surface area contributed by atoms with Crippen LogP contribution in [0.25, 0.3) is 0 Å². The summed E-state index contributed by atoms with van der Waals surface area (Å²) in [6, 6.07) is 10.1. The van der Waals surface area contributed by atoms with Crippen LogP contribution in [0.3, 0.4) is 0 Å². The van der Waals surface area contributed by atoms with Gasteiger partial charge in [0, 0.05) is 16.5 Å². The van der Waals surface area contributed by atoms with Crippen molar-refractivity contribution in [3.63, 3.8) is 0 Å². The highest BCUT2D eigenvalue weighted by Crippen LogP contribution is 2.30. The first-order valence-corrected chi connectivity index (χ1v) is 6.91. The molecule has 0 aromatic heterocycles. The Labute approximate surface area is 131 Å². The Balaban J connectivity index is 2.31. The van der Waals surface area contributed by atoms with Crippen molar-refractivity contribution in [1.82, 2.24) is 0 Å². The second-order valence-corrected chi connectivity index (χ2v) is 5.66. The van der Waals surface area contributed by atoms with Crippen molar-refractivity contribution in [2.45, 2.75) is 6.42 Å². The molecule has 19 heavy (non-hydrogen) atoms. The summed E-state index contributed by atoms with van der Waals surface area (Å²) in [6.45, 7) is 0. The zero-order chi connectivity index (χ0) is 14.0. The quantitative estimate of drug-likeness (QED) is 0.656. The molecule has 0 amide bonds. The second kappa shape index (κ2) is 6.15. The van der Waals surface area contributed by atoms with Gasteiger partial charge in [-0.15, -0.1) is 0 Å². The molecular weight excluding hydrogens is 326 g/mol.